The second-order valence-corrected chi connectivity index (χ2v) is 0. The van der Waals surface area contributed by atoms with Crippen LogP contribution in [0, 0.1) is 71.0 Å². The fraction of sp³-hybridized carbons (Fsp3) is 0. The first-order valence-electron chi connectivity index (χ1n) is 1.34. The molecule has 0 aliphatic carbocycles. The molecule has 0 bridgehead atoms. The molecule has 0 spiro atoms. The Morgan fingerprint density at radius 3 is 0.308 bits per heavy atom. The monoisotopic (exact) mass is 215 g/mol. The number of hydrogen-bond donors (Lipinski definition) is 0. The van der Waals surface area contributed by atoms with Gasteiger partial charge in [0, 0.05) is 0 Å². The molecule has 0 heterocycles. The summed E-state index contributed by atoms with van der Waals surface area (Å²) in [5.41, 5.74) is 0. The summed E-state index contributed by atoms with van der Waals surface area (Å²) in [6.07, 6.45) is 0. The van der Waals surface area contributed by atoms with E-state index in [-0.39, 0.29) is 16.8 Å². The molecule has 0 fully saturated rings. The molecular formula is C6CoN6-3. The molecule has 0 rings (SSSR count). The number of hydrogen-bond acceptors (Lipinski definition) is 6. The second-order valence-electron chi connectivity index (χ2n) is 0. The largest absolute Gasteiger partial charge is 3.00 e. The average molecular weight is 215 g/mol. The van der Waals surface area contributed by atoms with E-state index in [9.17, 15) is 0 Å². The molecule has 0 aromatic rings. The van der Waals surface area contributed by atoms with Crippen molar-refractivity contribution in [2.24, 2.45) is 0 Å². The molecule has 13 heavy (non-hydrogen) atoms. The molecule has 6 nitrogen and oxygen atoms in total. The van der Waals surface area contributed by atoms with Gasteiger partial charge in [0.1, 0.15) is 0 Å². The third kappa shape index (κ3) is 80.3. The van der Waals surface area contributed by atoms with Gasteiger partial charge in [-0.1, -0.05) is 0 Å². The van der Waals surface area contributed by atoms with Crippen LogP contribution in [0.5, 0.6) is 0 Å². The normalized spacial score (nSPS) is 0.923. The van der Waals surface area contributed by atoms with Crippen LogP contribution in [0.3, 0.4) is 0 Å². The van der Waals surface area contributed by atoms with Gasteiger partial charge in [-0.05, 0) is 0 Å². The molecular weight excluding hydrogens is 215 g/mol. The SMILES string of the molecule is [C-]#N.[C-]#N.[C-]#N.[C-]#N.[C-]#N.[C-]#N.[Co+3]. The third-order valence-corrected chi connectivity index (χ3v) is 0. The maximum Gasteiger partial charge on any atom is 3.00 e. The van der Waals surface area contributed by atoms with Crippen LogP contribution in [0.15, 0.2) is 0 Å². The van der Waals surface area contributed by atoms with Crippen molar-refractivity contribution in [2.45, 2.75) is 0 Å². The van der Waals surface area contributed by atoms with E-state index in [4.69, 9.17) is 71.0 Å². The smallest absolute Gasteiger partial charge is 0.512 e. The molecule has 0 aromatic carbocycles. The van der Waals surface area contributed by atoms with Crippen molar-refractivity contribution in [3.63, 3.8) is 0 Å². The summed E-state index contributed by atoms with van der Waals surface area (Å²) < 4.78 is 0. The first-order valence-corrected chi connectivity index (χ1v) is 1.34. The molecule has 0 aliphatic heterocycles. The maximum absolute atomic E-state index is 6.25. The molecule has 0 unspecified atom stereocenters. The van der Waals surface area contributed by atoms with Gasteiger partial charge >= 0.3 is 16.8 Å². The number of nitrogens with zero attached hydrogens (tertiary/aromatic N) is 6. The first kappa shape index (κ1) is 78.5. The van der Waals surface area contributed by atoms with Crippen LogP contribution in [-0.4, -0.2) is 0 Å². The van der Waals surface area contributed by atoms with E-state index < -0.39 is 0 Å². The summed E-state index contributed by atoms with van der Waals surface area (Å²) in [5, 5.41) is 37.5. The zero-order valence-corrected chi connectivity index (χ0v) is 7.06. The van der Waals surface area contributed by atoms with E-state index in [1.807, 2.05) is 0 Å². The molecule has 0 radical (unpaired) electrons. The molecule has 0 saturated heterocycles. The zero-order chi connectivity index (χ0) is 12.0. The van der Waals surface area contributed by atoms with Crippen LogP contribution in [0.2, 0.25) is 0 Å². The summed E-state index contributed by atoms with van der Waals surface area (Å²) in [6, 6.07) is 0. The van der Waals surface area contributed by atoms with Gasteiger partial charge in [0.15, 0.2) is 0 Å². The van der Waals surface area contributed by atoms with Gasteiger partial charge in [-0.2, -0.15) is 0 Å². The third-order valence-electron chi connectivity index (χ3n) is 0. The first-order chi connectivity index (χ1) is 6.00. The van der Waals surface area contributed by atoms with Gasteiger partial charge in [0.2, 0.25) is 0 Å². The van der Waals surface area contributed by atoms with E-state index >= 15 is 0 Å². The van der Waals surface area contributed by atoms with Gasteiger partial charge in [0.25, 0.3) is 0 Å². The van der Waals surface area contributed by atoms with Crippen LogP contribution in [0.25, 0.3) is 0 Å². The van der Waals surface area contributed by atoms with Crippen molar-refractivity contribution < 1.29 is 16.8 Å². The summed E-state index contributed by atoms with van der Waals surface area (Å²) in [6.45, 7) is 28.5. The van der Waals surface area contributed by atoms with Gasteiger partial charge in [-0.3, -0.25) is 0 Å². The molecule has 7 heteroatoms. The Bertz CT molecular complexity index is 92.1. The Morgan fingerprint density at radius 2 is 0.308 bits per heavy atom. The Morgan fingerprint density at radius 1 is 0.308 bits per heavy atom. The minimum Gasteiger partial charge on any atom is -0.512 e. The van der Waals surface area contributed by atoms with Gasteiger partial charge in [0.05, 0.1) is 0 Å². The van der Waals surface area contributed by atoms with Crippen molar-refractivity contribution in [2.75, 3.05) is 0 Å². The molecule has 0 saturated carbocycles. The Labute approximate surface area is 88.3 Å². The molecule has 0 atom stereocenters. The van der Waals surface area contributed by atoms with Crippen LogP contribution in [0.4, 0.5) is 0 Å². The van der Waals surface area contributed by atoms with Crippen LogP contribution >= 0.6 is 0 Å². The number of rotatable bonds is 0. The Kier molecular flexibility index (Phi) is 624. The van der Waals surface area contributed by atoms with Crippen LogP contribution in [0.1, 0.15) is 0 Å². The summed E-state index contributed by atoms with van der Waals surface area (Å²) in [4.78, 5) is 0. The fourth-order valence-electron chi connectivity index (χ4n) is 0. The van der Waals surface area contributed by atoms with Crippen LogP contribution < -0.4 is 0 Å². The van der Waals surface area contributed by atoms with Crippen molar-refractivity contribution in [1.82, 2.24) is 0 Å². The maximum atomic E-state index is 6.25. The summed E-state index contributed by atoms with van der Waals surface area (Å²) >= 11 is 0. The van der Waals surface area contributed by atoms with Gasteiger partial charge in [-0.15, -0.1) is 0 Å². The molecule has 0 amide bonds. The van der Waals surface area contributed by atoms with Crippen molar-refractivity contribution in [3.8, 4) is 0 Å². The quantitative estimate of drug-likeness (QED) is 0.540. The molecule has 0 aliphatic rings. The zero-order valence-electron chi connectivity index (χ0n) is 6.02. The standard InChI is InChI=1S/6CN.Co/c6*1-2;/q6*-1;+3. The van der Waals surface area contributed by atoms with Crippen molar-refractivity contribution in [1.29, 1.82) is 31.6 Å². The van der Waals surface area contributed by atoms with E-state index in [1.165, 1.54) is 0 Å². The second kappa shape index (κ2) is 103. The van der Waals surface area contributed by atoms with Crippen molar-refractivity contribution in [3.05, 3.63) is 39.4 Å². The fourth-order valence-corrected chi connectivity index (χ4v) is 0. The summed E-state index contributed by atoms with van der Waals surface area (Å²) in [5.74, 6) is 0. The van der Waals surface area contributed by atoms with E-state index in [1.54, 1.807) is 0 Å². The predicted molar refractivity (Wildman–Crippen MR) is 29.8 cm³/mol. The Balaban J connectivity index is -0.00000000655. The van der Waals surface area contributed by atoms with Gasteiger partial charge in [-0.25, -0.2) is 0 Å². The van der Waals surface area contributed by atoms with Crippen LogP contribution in [-0.2, 0) is 16.8 Å². The molecule has 0 aromatic heterocycles. The average Bonchev–Trinajstić information content (AvgIpc) is 2.33. The van der Waals surface area contributed by atoms with E-state index in [0.29, 0.717) is 0 Å². The Hall–Kier alpha value is -2.55. The topological polar surface area (TPSA) is 143 Å². The van der Waals surface area contributed by atoms with E-state index in [0.717, 1.165) is 0 Å². The molecule has 66 valence electrons. The van der Waals surface area contributed by atoms with E-state index in [2.05, 4.69) is 0 Å². The molecule has 0 N–H and O–H groups in total. The minimum atomic E-state index is 0. The minimum absolute atomic E-state index is 0. The van der Waals surface area contributed by atoms with Crippen molar-refractivity contribution >= 4 is 0 Å². The van der Waals surface area contributed by atoms with Gasteiger partial charge < -0.3 is 71.0 Å². The predicted octanol–water partition coefficient (Wildman–Crippen LogP) is 0.576. The summed E-state index contributed by atoms with van der Waals surface area (Å²) in [7, 11) is 0.